The minimum atomic E-state index is -0.444. The molecular formula is C23H22BrN3O5. The fraction of sp³-hybridized carbons (Fsp3) is 0.304. The highest BCUT2D eigenvalue weighted by Gasteiger charge is 2.38. The van der Waals surface area contributed by atoms with Gasteiger partial charge in [-0.1, -0.05) is 25.3 Å². The zero-order valence-corrected chi connectivity index (χ0v) is 18.8. The maximum absolute atomic E-state index is 12.8. The molecule has 32 heavy (non-hydrogen) atoms. The number of halogens is 1. The second kappa shape index (κ2) is 9.52. The molecule has 0 radical (unpaired) electrons. The van der Waals surface area contributed by atoms with Crippen molar-refractivity contribution in [3.63, 3.8) is 0 Å². The van der Waals surface area contributed by atoms with Gasteiger partial charge in [-0.25, -0.2) is 4.79 Å². The number of nitro benzene ring substituents is 1. The van der Waals surface area contributed by atoms with Crippen molar-refractivity contribution < 1.29 is 19.2 Å². The van der Waals surface area contributed by atoms with E-state index in [4.69, 9.17) is 4.74 Å². The van der Waals surface area contributed by atoms with Gasteiger partial charge in [-0.05, 0) is 70.2 Å². The van der Waals surface area contributed by atoms with Gasteiger partial charge in [0.1, 0.15) is 18.1 Å². The molecule has 4 rings (SSSR count). The Morgan fingerprint density at radius 3 is 2.50 bits per heavy atom. The Bertz CT molecular complexity index is 1080. The summed E-state index contributed by atoms with van der Waals surface area (Å²) >= 11 is 3.48. The topological polar surface area (TPSA) is 102 Å². The number of ether oxygens (including phenoxy) is 1. The summed E-state index contributed by atoms with van der Waals surface area (Å²) in [7, 11) is 0. The van der Waals surface area contributed by atoms with Gasteiger partial charge in [0.2, 0.25) is 0 Å². The molecule has 2 aromatic carbocycles. The number of urea groups is 1. The Morgan fingerprint density at radius 2 is 1.84 bits per heavy atom. The molecule has 0 spiro atoms. The van der Waals surface area contributed by atoms with Crippen molar-refractivity contribution in [2.24, 2.45) is 0 Å². The molecule has 1 aliphatic carbocycles. The van der Waals surface area contributed by atoms with Gasteiger partial charge in [0.15, 0.2) is 0 Å². The molecule has 2 fully saturated rings. The summed E-state index contributed by atoms with van der Waals surface area (Å²) in [6.07, 6.45) is 6.60. The number of nitrogens with one attached hydrogen (secondary N) is 1. The summed E-state index contributed by atoms with van der Waals surface area (Å²) in [4.78, 5) is 36.8. The van der Waals surface area contributed by atoms with Crippen LogP contribution in [0.5, 0.6) is 5.75 Å². The first kappa shape index (κ1) is 22.0. The largest absolute Gasteiger partial charge is 0.488 e. The number of hydrogen-bond acceptors (Lipinski definition) is 5. The molecule has 0 bridgehead atoms. The maximum atomic E-state index is 12.8. The van der Waals surface area contributed by atoms with E-state index in [-0.39, 0.29) is 36.0 Å². The molecule has 166 valence electrons. The van der Waals surface area contributed by atoms with Crippen molar-refractivity contribution in [3.05, 3.63) is 73.9 Å². The van der Waals surface area contributed by atoms with Crippen LogP contribution in [0.15, 0.2) is 52.6 Å². The molecule has 9 heteroatoms. The number of nitrogens with zero attached hydrogens (tertiary/aromatic N) is 2. The van der Waals surface area contributed by atoms with Crippen LogP contribution in [0.2, 0.25) is 0 Å². The van der Waals surface area contributed by atoms with Crippen LogP contribution in [0.4, 0.5) is 10.5 Å². The van der Waals surface area contributed by atoms with Crippen LogP contribution >= 0.6 is 15.9 Å². The third-order valence-corrected chi connectivity index (χ3v) is 6.28. The number of non-ortho nitro benzene ring substituents is 1. The van der Waals surface area contributed by atoms with Crippen molar-refractivity contribution in [2.45, 2.75) is 44.8 Å². The average Bonchev–Trinajstić information content (AvgIpc) is 3.06. The third-order valence-electron chi connectivity index (χ3n) is 5.66. The van der Waals surface area contributed by atoms with Gasteiger partial charge >= 0.3 is 6.03 Å². The smallest absolute Gasteiger partial charge is 0.329 e. The van der Waals surface area contributed by atoms with E-state index in [1.165, 1.54) is 17.0 Å². The van der Waals surface area contributed by atoms with Crippen LogP contribution < -0.4 is 10.1 Å². The lowest BCUT2D eigenvalue weighted by molar-refractivity contribution is -0.384. The highest BCUT2D eigenvalue weighted by Crippen LogP contribution is 2.30. The van der Waals surface area contributed by atoms with Crippen LogP contribution in [0, 0.1) is 10.1 Å². The summed E-state index contributed by atoms with van der Waals surface area (Å²) < 4.78 is 6.49. The van der Waals surface area contributed by atoms with Gasteiger partial charge < -0.3 is 10.1 Å². The Morgan fingerprint density at radius 1 is 1.12 bits per heavy atom. The summed E-state index contributed by atoms with van der Waals surface area (Å²) in [5, 5.41) is 13.4. The standard InChI is InChI=1S/C23H22BrN3O5/c24-19-12-16(8-11-21(19)32-14-15-6-9-18(10-7-15)27(30)31)13-20-22(28)26(23(29)25-20)17-4-2-1-3-5-17/h6-13,17H,1-5,14H2,(H,25,29)/b20-13-. The molecule has 1 saturated carbocycles. The summed E-state index contributed by atoms with van der Waals surface area (Å²) in [5.74, 6) is 0.313. The summed E-state index contributed by atoms with van der Waals surface area (Å²) in [6.45, 7) is 0.252. The van der Waals surface area contributed by atoms with Gasteiger partial charge in [0, 0.05) is 18.2 Å². The Kier molecular flexibility index (Phi) is 6.55. The lowest BCUT2D eigenvalue weighted by Gasteiger charge is -2.28. The minimum absolute atomic E-state index is 0.0240. The van der Waals surface area contributed by atoms with E-state index in [0.717, 1.165) is 43.2 Å². The van der Waals surface area contributed by atoms with E-state index in [1.807, 2.05) is 0 Å². The zero-order valence-electron chi connectivity index (χ0n) is 17.3. The van der Waals surface area contributed by atoms with E-state index >= 15 is 0 Å². The number of nitro groups is 1. The fourth-order valence-corrected chi connectivity index (χ4v) is 4.50. The molecule has 0 atom stereocenters. The van der Waals surface area contributed by atoms with Crippen LogP contribution in [-0.4, -0.2) is 27.8 Å². The minimum Gasteiger partial charge on any atom is -0.488 e. The molecule has 0 unspecified atom stereocenters. The zero-order chi connectivity index (χ0) is 22.7. The average molecular weight is 500 g/mol. The maximum Gasteiger partial charge on any atom is 0.329 e. The molecular weight excluding hydrogens is 478 g/mol. The van der Waals surface area contributed by atoms with E-state index in [9.17, 15) is 19.7 Å². The fourth-order valence-electron chi connectivity index (χ4n) is 3.99. The van der Waals surface area contributed by atoms with Crippen molar-refractivity contribution in [2.75, 3.05) is 0 Å². The molecule has 2 aliphatic rings. The number of carbonyl (C=O) groups is 2. The first-order valence-electron chi connectivity index (χ1n) is 10.4. The van der Waals surface area contributed by atoms with E-state index < -0.39 is 4.92 Å². The lowest BCUT2D eigenvalue weighted by atomic mass is 9.94. The quantitative estimate of drug-likeness (QED) is 0.256. The monoisotopic (exact) mass is 499 g/mol. The van der Waals surface area contributed by atoms with Gasteiger partial charge in [0.05, 0.1) is 9.40 Å². The highest BCUT2D eigenvalue weighted by molar-refractivity contribution is 9.10. The highest BCUT2D eigenvalue weighted by atomic mass is 79.9. The van der Waals surface area contributed by atoms with Crippen LogP contribution in [0.1, 0.15) is 43.2 Å². The van der Waals surface area contributed by atoms with Gasteiger partial charge in [-0.2, -0.15) is 0 Å². The van der Waals surface area contributed by atoms with E-state index in [1.54, 1.807) is 36.4 Å². The molecule has 0 aromatic heterocycles. The summed E-state index contributed by atoms with van der Waals surface area (Å²) in [6, 6.07) is 11.2. The number of benzene rings is 2. The second-order valence-electron chi connectivity index (χ2n) is 7.86. The molecule has 3 amide bonds. The molecule has 1 saturated heterocycles. The normalized spacial score (nSPS) is 18.2. The van der Waals surface area contributed by atoms with Gasteiger partial charge in [-0.3, -0.25) is 19.8 Å². The van der Waals surface area contributed by atoms with Crippen molar-refractivity contribution in [1.82, 2.24) is 10.2 Å². The van der Waals surface area contributed by atoms with E-state index in [0.29, 0.717) is 10.2 Å². The van der Waals surface area contributed by atoms with Crippen molar-refractivity contribution in [1.29, 1.82) is 0 Å². The van der Waals surface area contributed by atoms with Crippen LogP contribution in [0.3, 0.4) is 0 Å². The first-order chi connectivity index (χ1) is 15.4. The number of amides is 3. The Labute approximate surface area is 193 Å². The van der Waals surface area contributed by atoms with Crippen LogP contribution in [-0.2, 0) is 11.4 Å². The van der Waals surface area contributed by atoms with Gasteiger partial charge in [0.25, 0.3) is 11.6 Å². The Hall–Kier alpha value is -3.20. The van der Waals surface area contributed by atoms with Crippen LogP contribution in [0.25, 0.3) is 6.08 Å². The molecule has 8 nitrogen and oxygen atoms in total. The number of hydrogen-bond donors (Lipinski definition) is 1. The Balaban J connectivity index is 1.42. The van der Waals surface area contributed by atoms with Gasteiger partial charge in [-0.15, -0.1) is 0 Å². The number of imide groups is 1. The first-order valence-corrected chi connectivity index (χ1v) is 11.2. The third kappa shape index (κ3) is 4.83. The number of carbonyl (C=O) groups excluding carboxylic acids is 2. The SMILES string of the molecule is O=C1N/C(=C\c2ccc(OCc3ccc([N+](=O)[O-])cc3)c(Br)c2)C(=O)N1C1CCCCC1. The molecule has 1 aliphatic heterocycles. The molecule has 1 N–H and O–H groups in total. The van der Waals surface area contributed by atoms with Crippen molar-refractivity contribution in [3.8, 4) is 5.75 Å². The van der Waals surface area contributed by atoms with Crippen molar-refractivity contribution >= 4 is 39.6 Å². The number of rotatable bonds is 6. The predicted octanol–water partition coefficient (Wildman–Crippen LogP) is 5.16. The second-order valence-corrected chi connectivity index (χ2v) is 8.71. The lowest BCUT2D eigenvalue weighted by Crippen LogP contribution is -2.41. The molecule has 2 aromatic rings. The molecule has 1 heterocycles. The van der Waals surface area contributed by atoms with E-state index in [2.05, 4.69) is 21.2 Å². The summed E-state index contributed by atoms with van der Waals surface area (Å²) in [5.41, 5.74) is 1.85. The predicted molar refractivity (Wildman–Crippen MR) is 122 cm³/mol.